The molecule has 0 rings (SSSR count). The Kier molecular flexibility index (Phi) is 18.7. The molecule has 0 radical (unpaired) electrons. The van der Waals surface area contributed by atoms with Crippen LogP contribution in [0.15, 0.2) is 0 Å². The second-order valence-corrected chi connectivity index (χ2v) is 7.55. The van der Waals surface area contributed by atoms with Crippen molar-refractivity contribution < 1.29 is 29.3 Å². The van der Waals surface area contributed by atoms with Gasteiger partial charge in [0.05, 0.1) is 13.2 Å². The van der Waals surface area contributed by atoms with Crippen molar-refractivity contribution in [1.29, 1.82) is 0 Å². The molecule has 0 heterocycles. The molecule has 0 aromatic heterocycles. The van der Waals surface area contributed by atoms with Crippen LogP contribution in [0.5, 0.6) is 0 Å². The highest BCUT2D eigenvalue weighted by molar-refractivity contribution is 5.70. The number of hydrogen-bond acceptors (Lipinski definition) is 7. The Hall–Kier alpha value is -1.38. The highest BCUT2D eigenvalue weighted by Crippen LogP contribution is 2.15. The Labute approximate surface area is 182 Å². The van der Waals surface area contributed by atoms with E-state index in [0.717, 1.165) is 38.9 Å². The number of aliphatic hydroxyl groups is 2. The average molecular weight is 433 g/mol. The van der Waals surface area contributed by atoms with Gasteiger partial charge in [-0.05, 0) is 32.4 Å². The molecule has 0 spiro atoms. The Morgan fingerprint density at radius 2 is 1.50 bits per heavy atom. The fraction of sp³-hybridized carbons (Fsp3) is 0.909. The van der Waals surface area contributed by atoms with Crippen LogP contribution in [0.2, 0.25) is 0 Å². The van der Waals surface area contributed by atoms with Crippen LogP contribution in [0.1, 0.15) is 78.6 Å². The third-order valence-electron chi connectivity index (χ3n) is 5.12. The van der Waals surface area contributed by atoms with E-state index in [-0.39, 0.29) is 12.5 Å². The molecule has 0 aliphatic heterocycles. The SMILES string of the molecule is CCCCCCCCC(CCC(=O)OC(CO)CO)OC(=O)NCCN(CC)CC. The van der Waals surface area contributed by atoms with Gasteiger partial charge in [0.15, 0.2) is 0 Å². The highest BCUT2D eigenvalue weighted by Gasteiger charge is 2.18. The minimum Gasteiger partial charge on any atom is -0.457 e. The van der Waals surface area contributed by atoms with E-state index in [0.29, 0.717) is 19.4 Å². The number of esters is 1. The molecule has 1 atom stereocenters. The number of aliphatic hydroxyl groups excluding tert-OH is 2. The van der Waals surface area contributed by atoms with Crippen LogP contribution >= 0.6 is 0 Å². The summed E-state index contributed by atoms with van der Waals surface area (Å²) in [5.74, 6) is -0.512. The normalized spacial score (nSPS) is 12.2. The number of nitrogens with zero attached hydrogens (tertiary/aromatic N) is 1. The molecule has 1 amide bonds. The van der Waals surface area contributed by atoms with Crippen molar-refractivity contribution in [3.63, 3.8) is 0 Å². The monoisotopic (exact) mass is 432 g/mol. The number of ether oxygens (including phenoxy) is 2. The Balaban J connectivity index is 4.44. The molecule has 8 heteroatoms. The molecule has 1 unspecified atom stereocenters. The third-order valence-corrected chi connectivity index (χ3v) is 5.12. The second kappa shape index (κ2) is 19.6. The van der Waals surface area contributed by atoms with Crippen molar-refractivity contribution in [2.45, 2.75) is 90.8 Å². The summed E-state index contributed by atoms with van der Waals surface area (Å²) >= 11 is 0. The summed E-state index contributed by atoms with van der Waals surface area (Å²) < 4.78 is 10.5. The van der Waals surface area contributed by atoms with Gasteiger partial charge in [0.25, 0.3) is 0 Å². The van der Waals surface area contributed by atoms with Gasteiger partial charge in [-0.2, -0.15) is 0 Å². The van der Waals surface area contributed by atoms with Crippen molar-refractivity contribution in [3.8, 4) is 0 Å². The van der Waals surface area contributed by atoms with E-state index in [9.17, 15) is 9.59 Å². The summed E-state index contributed by atoms with van der Waals surface area (Å²) in [4.78, 5) is 26.3. The molecule has 178 valence electrons. The summed E-state index contributed by atoms with van der Waals surface area (Å²) in [5, 5.41) is 20.8. The van der Waals surface area contributed by atoms with Gasteiger partial charge in [0.1, 0.15) is 12.2 Å². The van der Waals surface area contributed by atoms with Gasteiger partial charge in [0.2, 0.25) is 0 Å². The van der Waals surface area contributed by atoms with Gasteiger partial charge < -0.3 is 29.9 Å². The minimum absolute atomic E-state index is 0.0731. The summed E-state index contributed by atoms with van der Waals surface area (Å²) in [6.07, 6.45) is 6.22. The van der Waals surface area contributed by atoms with Crippen molar-refractivity contribution in [2.75, 3.05) is 39.4 Å². The van der Waals surface area contributed by atoms with Gasteiger partial charge in [-0.25, -0.2) is 4.79 Å². The zero-order valence-corrected chi connectivity index (χ0v) is 19.2. The van der Waals surface area contributed by atoms with Gasteiger partial charge >= 0.3 is 12.1 Å². The fourth-order valence-electron chi connectivity index (χ4n) is 3.12. The van der Waals surface area contributed by atoms with Crippen LogP contribution in [0.3, 0.4) is 0 Å². The molecular weight excluding hydrogens is 388 g/mol. The first-order valence-electron chi connectivity index (χ1n) is 11.6. The van der Waals surface area contributed by atoms with Gasteiger partial charge in [-0.1, -0.05) is 52.9 Å². The van der Waals surface area contributed by atoms with Crippen molar-refractivity contribution in [1.82, 2.24) is 10.2 Å². The van der Waals surface area contributed by atoms with Gasteiger partial charge in [-0.15, -0.1) is 0 Å². The van der Waals surface area contributed by atoms with Crippen LogP contribution in [0.25, 0.3) is 0 Å². The number of likely N-dealkylation sites (N-methyl/N-ethyl adjacent to an activating group) is 1. The minimum atomic E-state index is -0.904. The zero-order valence-electron chi connectivity index (χ0n) is 19.2. The first-order chi connectivity index (χ1) is 14.5. The lowest BCUT2D eigenvalue weighted by atomic mass is 10.0. The highest BCUT2D eigenvalue weighted by atomic mass is 16.6. The molecule has 0 aliphatic carbocycles. The number of hydrogen-bond donors (Lipinski definition) is 3. The van der Waals surface area contributed by atoms with E-state index in [4.69, 9.17) is 19.7 Å². The van der Waals surface area contributed by atoms with E-state index in [1.165, 1.54) is 19.3 Å². The maximum absolute atomic E-state index is 12.2. The van der Waals surface area contributed by atoms with Crippen LogP contribution in [0, 0.1) is 0 Å². The van der Waals surface area contributed by atoms with Crippen LogP contribution in [-0.2, 0) is 14.3 Å². The molecule has 0 fully saturated rings. The lowest BCUT2D eigenvalue weighted by Crippen LogP contribution is -2.36. The van der Waals surface area contributed by atoms with Crippen molar-refractivity contribution in [3.05, 3.63) is 0 Å². The molecule has 0 aliphatic rings. The third kappa shape index (κ3) is 15.5. The first-order valence-corrected chi connectivity index (χ1v) is 11.6. The maximum atomic E-state index is 12.2. The molecule has 0 saturated heterocycles. The standard InChI is InChI=1S/C22H44N2O6/c1-4-7-8-9-10-11-12-19(13-14-21(27)29-20(17-25)18-26)30-22(28)23-15-16-24(5-2)6-3/h19-20,25-26H,4-18H2,1-3H3,(H,23,28). The average Bonchev–Trinajstić information content (AvgIpc) is 2.75. The summed E-state index contributed by atoms with van der Waals surface area (Å²) in [6, 6.07) is 0. The molecule has 0 saturated carbocycles. The Bertz CT molecular complexity index is 428. The second-order valence-electron chi connectivity index (χ2n) is 7.55. The smallest absolute Gasteiger partial charge is 0.407 e. The lowest BCUT2D eigenvalue weighted by molar-refractivity contribution is -0.154. The number of nitrogens with one attached hydrogen (secondary N) is 1. The van der Waals surface area contributed by atoms with Crippen molar-refractivity contribution >= 4 is 12.1 Å². The summed E-state index contributed by atoms with van der Waals surface area (Å²) in [5.41, 5.74) is 0. The number of rotatable bonds is 19. The number of carbonyl (C=O) groups is 2. The van der Waals surface area contributed by atoms with Crippen LogP contribution < -0.4 is 5.32 Å². The van der Waals surface area contributed by atoms with Crippen molar-refractivity contribution in [2.24, 2.45) is 0 Å². The van der Waals surface area contributed by atoms with E-state index < -0.39 is 31.4 Å². The lowest BCUT2D eigenvalue weighted by Gasteiger charge is -2.21. The quantitative estimate of drug-likeness (QED) is 0.213. The fourth-order valence-corrected chi connectivity index (χ4v) is 3.12. The Morgan fingerprint density at radius 1 is 0.867 bits per heavy atom. The van der Waals surface area contributed by atoms with E-state index >= 15 is 0 Å². The number of amides is 1. The Morgan fingerprint density at radius 3 is 2.10 bits per heavy atom. The van der Waals surface area contributed by atoms with E-state index in [2.05, 4.69) is 31.0 Å². The zero-order chi connectivity index (χ0) is 22.6. The van der Waals surface area contributed by atoms with E-state index in [1.54, 1.807) is 0 Å². The largest absolute Gasteiger partial charge is 0.457 e. The topological polar surface area (TPSA) is 108 Å². The van der Waals surface area contributed by atoms with E-state index in [1.807, 2.05) is 0 Å². The molecule has 0 bridgehead atoms. The molecular formula is C22H44N2O6. The summed E-state index contributed by atoms with van der Waals surface area (Å²) in [7, 11) is 0. The van der Waals surface area contributed by atoms with Gasteiger partial charge in [-0.3, -0.25) is 4.79 Å². The predicted molar refractivity (Wildman–Crippen MR) is 117 cm³/mol. The summed E-state index contributed by atoms with van der Waals surface area (Å²) in [6.45, 7) is 8.63. The first kappa shape index (κ1) is 28.6. The number of carbonyl (C=O) groups excluding carboxylic acids is 2. The van der Waals surface area contributed by atoms with Crippen LogP contribution in [-0.4, -0.2) is 78.8 Å². The maximum Gasteiger partial charge on any atom is 0.407 e. The number of unbranched alkanes of at least 4 members (excludes halogenated alkanes) is 5. The van der Waals surface area contributed by atoms with Gasteiger partial charge in [0, 0.05) is 19.5 Å². The molecule has 3 N–H and O–H groups in total. The molecule has 0 aromatic rings. The molecule has 0 aromatic carbocycles. The molecule has 30 heavy (non-hydrogen) atoms. The molecule has 8 nitrogen and oxygen atoms in total. The van der Waals surface area contributed by atoms with Crippen LogP contribution in [0.4, 0.5) is 4.79 Å². The number of alkyl carbamates (subject to hydrolysis) is 1. The predicted octanol–water partition coefficient (Wildman–Crippen LogP) is 2.85.